The van der Waals surface area contributed by atoms with Gasteiger partial charge in [-0.3, -0.25) is 4.79 Å². The lowest BCUT2D eigenvalue weighted by Gasteiger charge is -2.09. The second kappa shape index (κ2) is 8.19. The summed E-state index contributed by atoms with van der Waals surface area (Å²) in [5.41, 5.74) is 0.884. The van der Waals surface area contributed by atoms with Crippen molar-refractivity contribution in [3.8, 4) is 0 Å². The number of carbonyl (C=O) groups excluding carboxylic acids is 2. The van der Waals surface area contributed by atoms with Gasteiger partial charge in [0.2, 0.25) is 0 Å². The van der Waals surface area contributed by atoms with Crippen LogP contribution in [0.5, 0.6) is 0 Å². The number of amides is 3. The highest BCUT2D eigenvalue weighted by atomic mass is 35.5. The monoisotopic (exact) mass is 335 g/mol. The molecule has 0 unspecified atom stereocenters. The molecule has 0 aliphatic rings. The minimum atomic E-state index is -0.320. The summed E-state index contributed by atoms with van der Waals surface area (Å²) in [4.78, 5) is 27.3. The first kappa shape index (κ1) is 16.8. The molecule has 0 fully saturated rings. The van der Waals surface area contributed by atoms with E-state index >= 15 is 0 Å². The number of nitrogens with one attached hydrogen (secondary N) is 3. The number of halogens is 1. The maximum atomic E-state index is 11.8. The van der Waals surface area contributed by atoms with Crippen LogP contribution in [0.3, 0.4) is 0 Å². The fraction of sp³-hybridized carbons (Fsp3) is 0.267. The Hall–Kier alpha value is -2.54. The van der Waals surface area contributed by atoms with Crippen LogP contribution in [0.1, 0.15) is 16.8 Å². The molecule has 122 valence electrons. The Balaban J connectivity index is 1.78. The SMILES string of the molecule is CNC(=O)c1ccc(NC(=O)NCCCn2ccnc2)cc1Cl. The molecule has 3 amide bonds. The highest BCUT2D eigenvalue weighted by molar-refractivity contribution is 6.34. The normalized spacial score (nSPS) is 10.2. The molecule has 0 radical (unpaired) electrons. The molecule has 0 aliphatic heterocycles. The molecule has 23 heavy (non-hydrogen) atoms. The number of hydrogen-bond acceptors (Lipinski definition) is 3. The van der Waals surface area contributed by atoms with Gasteiger partial charge in [0.15, 0.2) is 0 Å². The van der Waals surface area contributed by atoms with Crippen molar-refractivity contribution < 1.29 is 9.59 Å². The molecule has 0 saturated carbocycles. The second-order valence-electron chi connectivity index (χ2n) is 4.81. The van der Waals surface area contributed by atoms with Gasteiger partial charge in [0, 0.05) is 38.2 Å². The summed E-state index contributed by atoms with van der Waals surface area (Å²) in [6.45, 7) is 1.32. The molecule has 0 spiro atoms. The lowest BCUT2D eigenvalue weighted by molar-refractivity contribution is 0.0963. The summed E-state index contributed by atoms with van der Waals surface area (Å²) in [5.74, 6) is -0.273. The molecule has 0 bridgehead atoms. The van der Waals surface area contributed by atoms with Crippen LogP contribution in [0.2, 0.25) is 5.02 Å². The summed E-state index contributed by atoms with van der Waals surface area (Å²) >= 11 is 6.03. The molecule has 0 saturated heterocycles. The summed E-state index contributed by atoms with van der Waals surface area (Å²) in [7, 11) is 1.53. The fourth-order valence-electron chi connectivity index (χ4n) is 1.97. The Morgan fingerprint density at radius 1 is 1.35 bits per heavy atom. The van der Waals surface area contributed by atoms with Crippen LogP contribution in [-0.2, 0) is 6.54 Å². The minimum Gasteiger partial charge on any atom is -0.355 e. The lowest BCUT2D eigenvalue weighted by Crippen LogP contribution is -2.30. The molecule has 7 nitrogen and oxygen atoms in total. The van der Waals surface area contributed by atoms with Crippen molar-refractivity contribution in [2.45, 2.75) is 13.0 Å². The van der Waals surface area contributed by atoms with Gasteiger partial charge in [-0.2, -0.15) is 0 Å². The third kappa shape index (κ3) is 5.00. The molecule has 1 aromatic heterocycles. The third-order valence-corrected chi connectivity index (χ3v) is 3.45. The average molecular weight is 336 g/mol. The first-order valence-electron chi connectivity index (χ1n) is 7.12. The van der Waals surface area contributed by atoms with Crippen molar-refractivity contribution >= 4 is 29.2 Å². The van der Waals surface area contributed by atoms with E-state index in [9.17, 15) is 9.59 Å². The number of imidazole rings is 1. The van der Waals surface area contributed by atoms with Crippen molar-refractivity contribution in [1.29, 1.82) is 0 Å². The molecule has 8 heteroatoms. The van der Waals surface area contributed by atoms with Gasteiger partial charge in [0.05, 0.1) is 16.9 Å². The number of rotatable bonds is 6. The molecule has 2 aromatic rings. The number of hydrogen-bond donors (Lipinski definition) is 3. The summed E-state index contributed by atoms with van der Waals surface area (Å²) in [6, 6.07) is 4.41. The van der Waals surface area contributed by atoms with E-state index < -0.39 is 0 Å². The maximum absolute atomic E-state index is 11.8. The van der Waals surface area contributed by atoms with Gasteiger partial charge < -0.3 is 20.5 Å². The predicted molar refractivity (Wildman–Crippen MR) is 88.7 cm³/mol. The molecular formula is C15H18ClN5O2. The first-order valence-corrected chi connectivity index (χ1v) is 7.50. The van der Waals surface area contributed by atoms with Gasteiger partial charge in [-0.25, -0.2) is 9.78 Å². The van der Waals surface area contributed by atoms with Crippen LogP contribution in [0.4, 0.5) is 10.5 Å². The predicted octanol–water partition coefficient (Wildman–Crippen LogP) is 2.11. The van der Waals surface area contributed by atoms with E-state index in [1.54, 1.807) is 24.7 Å². The van der Waals surface area contributed by atoms with Crippen LogP contribution >= 0.6 is 11.6 Å². The fourth-order valence-corrected chi connectivity index (χ4v) is 2.24. The molecule has 2 rings (SSSR count). The molecule has 1 aromatic carbocycles. The van der Waals surface area contributed by atoms with E-state index in [1.165, 1.54) is 13.1 Å². The smallest absolute Gasteiger partial charge is 0.319 e. The standard InChI is InChI=1S/C15H18ClN5O2/c1-17-14(22)12-4-3-11(9-13(12)16)20-15(23)19-5-2-7-21-8-6-18-10-21/h3-4,6,8-10H,2,5,7H2,1H3,(H,17,22)(H2,19,20,23). The van der Waals surface area contributed by atoms with Crippen LogP contribution in [0, 0.1) is 0 Å². The number of aromatic nitrogens is 2. The molecule has 3 N–H and O–H groups in total. The molecule has 1 heterocycles. The van der Waals surface area contributed by atoms with E-state index in [0.717, 1.165) is 13.0 Å². The second-order valence-corrected chi connectivity index (χ2v) is 5.22. The zero-order valence-corrected chi connectivity index (χ0v) is 13.4. The Bertz CT molecular complexity index is 673. The number of anilines is 1. The van der Waals surface area contributed by atoms with Gasteiger partial charge in [-0.15, -0.1) is 0 Å². The van der Waals surface area contributed by atoms with Crippen LogP contribution in [0.15, 0.2) is 36.9 Å². The molecule has 0 atom stereocenters. The highest BCUT2D eigenvalue weighted by Gasteiger charge is 2.10. The topological polar surface area (TPSA) is 88.0 Å². The van der Waals surface area contributed by atoms with Gasteiger partial charge in [0.1, 0.15) is 0 Å². The third-order valence-electron chi connectivity index (χ3n) is 3.14. The van der Waals surface area contributed by atoms with Crippen molar-refractivity contribution in [1.82, 2.24) is 20.2 Å². The lowest BCUT2D eigenvalue weighted by atomic mass is 10.2. The summed E-state index contributed by atoms with van der Waals surface area (Å²) in [6.07, 6.45) is 6.11. The van der Waals surface area contributed by atoms with Gasteiger partial charge >= 0.3 is 6.03 Å². The van der Waals surface area contributed by atoms with Crippen molar-refractivity contribution in [2.75, 3.05) is 18.9 Å². The Labute approximate surface area is 139 Å². The van der Waals surface area contributed by atoms with Crippen molar-refractivity contribution in [3.63, 3.8) is 0 Å². The van der Waals surface area contributed by atoms with Gasteiger partial charge in [0.25, 0.3) is 5.91 Å². The molecular weight excluding hydrogens is 318 g/mol. The summed E-state index contributed by atoms with van der Waals surface area (Å²) < 4.78 is 1.94. The largest absolute Gasteiger partial charge is 0.355 e. The van der Waals surface area contributed by atoms with Gasteiger partial charge in [-0.1, -0.05) is 11.6 Å². The van der Waals surface area contributed by atoms with E-state index in [2.05, 4.69) is 20.9 Å². The minimum absolute atomic E-state index is 0.273. The zero-order valence-electron chi connectivity index (χ0n) is 12.7. The van der Waals surface area contributed by atoms with Crippen molar-refractivity contribution in [3.05, 3.63) is 47.5 Å². The van der Waals surface area contributed by atoms with Gasteiger partial charge in [-0.05, 0) is 24.6 Å². The van der Waals surface area contributed by atoms with E-state index in [-0.39, 0.29) is 17.0 Å². The van der Waals surface area contributed by atoms with E-state index in [4.69, 9.17) is 11.6 Å². The number of carbonyl (C=O) groups is 2. The van der Waals surface area contributed by atoms with E-state index in [1.807, 2.05) is 10.8 Å². The van der Waals surface area contributed by atoms with Crippen molar-refractivity contribution in [2.24, 2.45) is 0 Å². The Morgan fingerprint density at radius 3 is 2.83 bits per heavy atom. The van der Waals surface area contributed by atoms with Crippen LogP contribution in [0.25, 0.3) is 0 Å². The van der Waals surface area contributed by atoms with Crippen LogP contribution in [-0.4, -0.2) is 35.1 Å². The number of nitrogens with zero attached hydrogens (tertiary/aromatic N) is 2. The quantitative estimate of drug-likeness (QED) is 0.706. The first-order chi connectivity index (χ1) is 11.1. The number of aryl methyl sites for hydroxylation is 1. The number of benzene rings is 1. The molecule has 0 aliphatic carbocycles. The highest BCUT2D eigenvalue weighted by Crippen LogP contribution is 2.20. The number of urea groups is 1. The zero-order chi connectivity index (χ0) is 16.7. The Kier molecular flexibility index (Phi) is 5.99. The Morgan fingerprint density at radius 2 is 2.17 bits per heavy atom. The average Bonchev–Trinajstić information content (AvgIpc) is 3.04. The van der Waals surface area contributed by atoms with E-state index in [0.29, 0.717) is 17.8 Å². The maximum Gasteiger partial charge on any atom is 0.319 e. The summed E-state index contributed by atoms with van der Waals surface area (Å²) in [5, 5.41) is 8.21. The van der Waals surface area contributed by atoms with Crippen LogP contribution < -0.4 is 16.0 Å².